The summed E-state index contributed by atoms with van der Waals surface area (Å²) in [5.41, 5.74) is 0. The van der Waals surface area contributed by atoms with Crippen molar-refractivity contribution in [3.8, 4) is 0 Å². The van der Waals surface area contributed by atoms with E-state index in [1.807, 2.05) is 0 Å². The molecule has 0 aliphatic rings. The molecule has 86 valence electrons. The maximum atomic E-state index is 12.5. The van der Waals surface area contributed by atoms with Crippen LogP contribution in [0.1, 0.15) is 6.92 Å². The maximum absolute atomic E-state index is 12.5. The molecule has 0 aromatic heterocycles. The van der Waals surface area contributed by atoms with E-state index in [1.165, 1.54) is 0 Å². The summed E-state index contributed by atoms with van der Waals surface area (Å²) in [6.07, 6.45) is 0. The predicted octanol–water partition coefficient (Wildman–Crippen LogP) is 2.22. The standard InChI is InChI=1S/C11H13O4P/c1-3-15-16(14,9(2)11(12)13)10-7-5-4-6-8-10/h4-8H,2-3H2,1H3,(H,12,13). The van der Waals surface area contributed by atoms with Crippen molar-refractivity contribution in [1.82, 2.24) is 0 Å². The summed E-state index contributed by atoms with van der Waals surface area (Å²) in [6, 6.07) is 8.25. The van der Waals surface area contributed by atoms with E-state index in [1.54, 1.807) is 37.3 Å². The number of carboxylic acid groups (broad SMARTS) is 1. The van der Waals surface area contributed by atoms with Crippen molar-refractivity contribution < 1.29 is 19.0 Å². The van der Waals surface area contributed by atoms with Crippen molar-refractivity contribution >= 4 is 18.6 Å². The SMILES string of the molecule is C=C(C(=O)O)P(=O)(OCC)c1ccccc1. The number of benzene rings is 1. The van der Waals surface area contributed by atoms with E-state index in [0.29, 0.717) is 5.30 Å². The van der Waals surface area contributed by atoms with Crippen LogP contribution in [0.2, 0.25) is 0 Å². The number of rotatable bonds is 5. The molecule has 0 amide bonds. The zero-order valence-electron chi connectivity index (χ0n) is 8.92. The molecule has 1 rings (SSSR count). The van der Waals surface area contributed by atoms with Crippen LogP contribution in [0.25, 0.3) is 0 Å². The van der Waals surface area contributed by atoms with Gasteiger partial charge in [0.2, 0.25) is 0 Å². The van der Waals surface area contributed by atoms with Crippen molar-refractivity contribution in [2.24, 2.45) is 0 Å². The van der Waals surface area contributed by atoms with Gasteiger partial charge in [-0.05, 0) is 19.1 Å². The van der Waals surface area contributed by atoms with Crippen LogP contribution >= 0.6 is 7.37 Å². The Labute approximate surface area is 94.0 Å². The van der Waals surface area contributed by atoms with Gasteiger partial charge in [-0.2, -0.15) is 0 Å². The molecule has 16 heavy (non-hydrogen) atoms. The quantitative estimate of drug-likeness (QED) is 0.633. The number of hydrogen-bond acceptors (Lipinski definition) is 3. The lowest BCUT2D eigenvalue weighted by molar-refractivity contribution is -0.131. The van der Waals surface area contributed by atoms with E-state index in [4.69, 9.17) is 9.63 Å². The smallest absolute Gasteiger partial charge is 0.341 e. The Morgan fingerprint density at radius 1 is 1.44 bits per heavy atom. The Hall–Kier alpha value is -1.38. The van der Waals surface area contributed by atoms with Crippen LogP contribution in [0.4, 0.5) is 0 Å². The molecule has 5 heteroatoms. The highest BCUT2D eigenvalue weighted by molar-refractivity contribution is 7.72. The van der Waals surface area contributed by atoms with Crippen LogP contribution < -0.4 is 5.30 Å². The predicted molar refractivity (Wildman–Crippen MR) is 62.1 cm³/mol. The summed E-state index contributed by atoms with van der Waals surface area (Å²) in [6.45, 7) is 5.16. The summed E-state index contributed by atoms with van der Waals surface area (Å²) >= 11 is 0. The normalized spacial score (nSPS) is 14.1. The Morgan fingerprint density at radius 2 is 2.00 bits per heavy atom. The van der Waals surface area contributed by atoms with Crippen LogP contribution in [-0.2, 0) is 13.9 Å². The topological polar surface area (TPSA) is 63.6 Å². The van der Waals surface area contributed by atoms with E-state index in [-0.39, 0.29) is 6.61 Å². The van der Waals surface area contributed by atoms with Gasteiger partial charge in [0, 0.05) is 5.30 Å². The Bertz CT molecular complexity index is 439. The number of hydrogen-bond donors (Lipinski definition) is 1. The van der Waals surface area contributed by atoms with Crippen LogP contribution in [0.5, 0.6) is 0 Å². The van der Waals surface area contributed by atoms with Gasteiger partial charge in [0.15, 0.2) is 0 Å². The van der Waals surface area contributed by atoms with Gasteiger partial charge in [-0.3, -0.25) is 4.57 Å². The summed E-state index contributed by atoms with van der Waals surface area (Å²) in [4.78, 5) is 10.8. The second kappa shape index (κ2) is 5.10. The molecule has 0 radical (unpaired) electrons. The summed E-state index contributed by atoms with van der Waals surface area (Å²) < 4.78 is 17.6. The van der Waals surface area contributed by atoms with Crippen molar-refractivity contribution in [2.45, 2.75) is 6.92 Å². The van der Waals surface area contributed by atoms with Crippen molar-refractivity contribution in [2.75, 3.05) is 6.61 Å². The monoisotopic (exact) mass is 240 g/mol. The zero-order valence-corrected chi connectivity index (χ0v) is 9.81. The molecule has 0 heterocycles. The Morgan fingerprint density at radius 3 is 2.44 bits per heavy atom. The average Bonchev–Trinajstić information content (AvgIpc) is 2.29. The van der Waals surface area contributed by atoms with Crippen molar-refractivity contribution in [3.05, 3.63) is 42.2 Å². The van der Waals surface area contributed by atoms with Gasteiger partial charge < -0.3 is 9.63 Å². The number of carbonyl (C=O) groups is 1. The molecule has 0 aliphatic heterocycles. The summed E-state index contributed by atoms with van der Waals surface area (Å²) in [7, 11) is -3.51. The van der Waals surface area contributed by atoms with E-state index >= 15 is 0 Å². The summed E-state index contributed by atoms with van der Waals surface area (Å²) in [5, 5.41) is 8.80. The third kappa shape index (κ3) is 2.40. The molecular formula is C11H13O4P. The molecule has 1 unspecified atom stereocenters. The highest BCUT2D eigenvalue weighted by atomic mass is 31.2. The van der Waals surface area contributed by atoms with E-state index < -0.39 is 18.7 Å². The minimum absolute atomic E-state index is 0.165. The third-order valence-electron chi connectivity index (χ3n) is 2.01. The first-order chi connectivity index (χ1) is 7.52. The molecule has 1 aromatic rings. The minimum Gasteiger partial charge on any atom is -0.477 e. The average molecular weight is 240 g/mol. The lowest BCUT2D eigenvalue weighted by atomic mass is 10.4. The van der Waals surface area contributed by atoms with E-state index in [9.17, 15) is 9.36 Å². The molecule has 0 fully saturated rings. The van der Waals surface area contributed by atoms with Gasteiger partial charge >= 0.3 is 5.97 Å². The molecule has 1 atom stereocenters. The number of carboxylic acids is 1. The molecule has 1 aromatic carbocycles. The fraction of sp³-hybridized carbons (Fsp3) is 0.182. The van der Waals surface area contributed by atoms with Crippen LogP contribution in [-0.4, -0.2) is 17.7 Å². The van der Waals surface area contributed by atoms with Crippen molar-refractivity contribution in [3.63, 3.8) is 0 Å². The second-order valence-electron chi connectivity index (χ2n) is 3.06. The molecular weight excluding hydrogens is 227 g/mol. The highest BCUT2D eigenvalue weighted by Gasteiger charge is 2.33. The van der Waals surface area contributed by atoms with E-state index in [2.05, 4.69) is 6.58 Å². The highest BCUT2D eigenvalue weighted by Crippen LogP contribution is 2.52. The fourth-order valence-corrected chi connectivity index (χ4v) is 3.04. The first kappa shape index (κ1) is 12.7. The van der Waals surface area contributed by atoms with Gasteiger partial charge in [0.1, 0.15) is 5.31 Å². The fourth-order valence-electron chi connectivity index (χ4n) is 1.24. The first-order valence-corrected chi connectivity index (χ1v) is 6.37. The van der Waals surface area contributed by atoms with Gasteiger partial charge in [-0.15, -0.1) is 0 Å². The molecule has 0 aliphatic carbocycles. The van der Waals surface area contributed by atoms with Crippen LogP contribution in [0.3, 0.4) is 0 Å². The zero-order chi connectivity index (χ0) is 12.2. The molecule has 0 spiro atoms. The molecule has 0 saturated heterocycles. The minimum atomic E-state index is -3.51. The van der Waals surface area contributed by atoms with Crippen molar-refractivity contribution in [1.29, 1.82) is 0 Å². The van der Waals surface area contributed by atoms with Gasteiger partial charge in [0.05, 0.1) is 6.61 Å². The lowest BCUT2D eigenvalue weighted by Gasteiger charge is -2.17. The second-order valence-corrected chi connectivity index (χ2v) is 5.47. The molecule has 4 nitrogen and oxygen atoms in total. The maximum Gasteiger partial charge on any atom is 0.341 e. The van der Waals surface area contributed by atoms with Crippen LogP contribution in [0, 0.1) is 0 Å². The first-order valence-electron chi connectivity index (χ1n) is 4.75. The number of aliphatic carboxylic acids is 1. The third-order valence-corrected chi connectivity index (χ3v) is 4.51. The van der Waals surface area contributed by atoms with Gasteiger partial charge in [-0.25, -0.2) is 4.79 Å². The Balaban J connectivity index is 3.22. The molecule has 0 bridgehead atoms. The van der Waals surface area contributed by atoms with E-state index in [0.717, 1.165) is 0 Å². The summed E-state index contributed by atoms with van der Waals surface area (Å²) in [5.74, 6) is -1.30. The largest absolute Gasteiger partial charge is 0.477 e. The molecule has 1 N–H and O–H groups in total. The molecule has 0 saturated carbocycles. The van der Waals surface area contributed by atoms with Gasteiger partial charge in [-0.1, -0.05) is 24.8 Å². The van der Waals surface area contributed by atoms with Crippen LogP contribution in [0.15, 0.2) is 42.2 Å². The lowest BCUT2D eigenvalue weighted by Crippen LogP contribution is -2.13. The Kier molecular flexibility index (Phi) is 4.05. The van der Waals surface area contributed by atoms with Gasteiger partial charge in [0.25, 0.3) is 7.37 Å².